The Kier molecular flexibility index (Phi) is 4.52. The van der Waals surface area contributed by atoms with E-state index in [4.69, 9.17) is 0 Å². The molecule has 0 heterocycles. The monoisotopic (exact) mass is 336 g/mol. The third-order valence-corrected chi connectivity index (χ3v) is 4.29. The summed E-state index contributed by atoms with van der Waals surface area (Å²) in [6.45, 7) is 2.08. The molecule has 4 nitrogen and oxygen atoms in total. The van der Waals surface area contributed by atoms with Crippen LogP contribution in [0.25, 0.3) is 0 Å². The van der Waals surface area contributed by atoms with E-state index in [2.05, 4.69) is 19.1 Å². The van der Waals surface area contributed by atoms with Crippen LogP contribution in [0.15, 0.2) is 72.4 Å². The first-order valence-corrected chi connectivity index (χ1v) is 8.06. The van der Waals surface area contributed by atoms with Crippen molar-refractivity contribution in [3.05, 3.63) is 83.5 Å². The summed E-state index contributed by atoms with van der Waals surface area (Å²) in [5.41, 5.74) is 2.49. The Morgan fingerprint density at radius 2 is 1.32 bits per heavy atom. The number of hydrogen-bond donors (Lipinski definition) is 4. The molecular weight excluding hydrogens is 316 g/mol. The van der Waals surface area contributed by atoms with Crippen LogP contribution >= 0.6 is 0 Å². The van der Waals surface area contributed by atoms with Gasteiger partial charge in [0.2, 0.25) is 0 Å². The average molecular weight is 336 g/mol. The number of phenolic OH excluding ortho intramolecular Hbond substituents is 4. The highest BCUT2D eigenvalue weighted by atomic mass is 16.3. The van der Waals surface area contributed by atoms with Gasteiger partial charge in [0.15, 0.2) is 23.0 Å². The molecule has 0 saturated heterocycles. The molecule has 0 aromatic heterocycles. The normalized spacial score (nSPS) is 16.7. The third-order valence-electron chi connectivity index (χ3n) is 4.29. The second-order valence-electron chi connectivity index (χ2n) is 6.20. The fraction of sp³-hybridized carbons (Fsp3) is 0.143. The second kappa shape index (κ2) is 6.77. The number of aromatic hydroxyl groups is 4. The number of rotatable bonds is 3. The van der Waals surface area contributed by atoms with Crippen molar-refractivity contribution < 1.29 is 20.4 Å². The van der Waals surface area contributed by atoms with E-state index in [9.17, 15) is 20.4 Å². The summed E-state index contributed by atoms with van der Waals surface area (Å²) in [7, 11) is 0. The van der Waals surface area contributed by atoms with Crippen LogP contribution in [0.1, 0.15) is 24.0 Å². The molecule has 0 saturated carbocycles. The molecule has 3 rings (SSSR count). The van der Waals surface area contributed by atoms with E-state index in [1.54, 1.807) is 12.1 Å². The van der Waals surface area contributed by atoms with E-state index in [1.165, 1.54) is 24.3 Å². The van der Waals surface area contributed by atoms with Gasteiger partial charge in [-0.3, -0.25) is 0 Å². The summed E-state index contributed by atoms with van der Waals surface area (Å²) in [4.78, 5) is 0. The molecule has 1 aliphatic carbocycles. The maximum Gasteiger partial charge on any atom is 0.157 e. The molecule has 128 valence electrons. The highest BCUT2D eigenvalue weighted by molar-refractivity contribution is 5.53. The van der Waals surface area contributed by atoms with Gasteiger partial charge in [-0.1, -0.05) is 49.4 Å². The van der Waals surface area contributed by atoms with Crippen LogP contribution in [0, 0.1) is 5.92 Å². The Hall–Kier alpha value is -3.14. The number of hydrogen-bond acceptors (Lipinski definition) is 4. The van der Waals surface area contributed by atoms with Crippen molar-refractivity contribution in [1.29, 1.82) is 0 Å². The second-order valence-corrected chi connectivity index (χ2v) is 6.20. The lowest BCUT2D eigenvalue weighted by Crippen LogP contribution is -2.04. The van der Waals surface area contributed by atoms with Gasteiger partial charge in [-0.15, -0.1) is 0 Å². The van der Waals surface area contributed by atoms with Gasteiger partial charge in [0, 0.05) is 5.92 Å². The average Bonchev–Trinajstić information content (AvgIpc) is 2.79. The molecule has 2 aromatic carbocycles. The smallest absolute Gasteiger partial charge is 0.157 e. The number of phenols is 4. The quantitative estimate of drug-likeness (QED) is 0.629. The van der Waals surface area contributed by atoms with Crippen LogP contribution < -0.4 is 0 Å². The van der Waals surface area contributed by atoms with Gasteiger partial charge in [-0.05, 0) is 46.9 Å². The summed E-state index contributed by atoms with van der Waals surface area (Å²) < 4.78 is 0. The zero-order valence-corrected chi connectivity index (χ0v) is 13.8. The summed E-state index contributed by atoms with van der Waals surface area (Å²) in [5.74, 6) is -0.745. The molecule has 2 aromatic rings. The van der Waals surface area contributed by atoms with Crippen molar-refractivity contribution >= 4 is 0 Å². The van der Waals surface area contributed by atoms with Crippen LogP contribution in [-0.2, 0) is 0 Å². The summed E-state index contributed by atoms with van der Waals surface area (Å²) in [6, 6.07) is 9.37. The topological polar surface area (TPSA) is 80.9 Å². The molecular formula is C21H20O4. The molecule has 0 radical (unpaired) electrons. The zero-order chi connectivity index (χ0) is 18.0. The largest absolute Gasteiger partial charge is 0.504 e. The fourth-order valence-corrected chi connectivity index (χ4v) is 2.93. The summed E-state index contributed by atoms with van der Waals surface area (Å²) >= 11 is 0. The Balaban J connectivity index is 2.15. The minimum absolute atomic E-state index is 0.185. The molecule has 0 bridgehead atoms. The highest BCUT2D eigenvalue weighted by Gasteiger charge is 2.20. The van der Waals surface area contributed by atoms with E-state index in [-0.39, 0.29) is 28.9 Å². The van der Waals surface area contributed by atoms with E-state index < -0.39 is 0 Å². The van der Waals surface area contributed by atoms with Crippen LogP contribution in [0.5, 0.6) is 23.0 Å². The minimum atomic E-state index is -0.274. The first kappa shape index (κ1) is 16.7. The van der Waals surface area contributed by atoms with Crippen LogP contribution in [-0.4, -0.2) is 20.4 Å². The molecule has 4 N–H and O–H groups in total. The lowest BCUT2D eigenvalue weighted by atomic mass is 9.84. The van der Waals surface area contributed by atoms with Gasteiger partial charge in [0.1, 0.15) is 0 Å². The molecule has 1 aliphatic rings. The summed E-state index contributed by atoms with van der Waals surface area (Å²) in [5, 5.41) is 39.0. The summed E-state index contributed by atoms with van der Waals surface area (Å²) in [6.07, 6.45) is 10.1. The van der Waals surface area contributed by atoms with Gasteiger partial charge in [-0.2, -0.15) is 0 Å². The molecule has 1 atom stereocenters. The molecule has 0 spiro atoms. The van der Waals surface area contributed by atoms with Gasteiger partial charge < -0.3 is 20.4 Å². The lowest BCUT2D eigenvalue weighted by molar-refractivity contribution is 0.402. The first-order chi connectivity index (χ1) is 12.0. The number of allylic oxidation sites excluding steroid dienone is 6. The Labute approximate surface area is 146 Å². The van der Waals surface area contributed by atoms with Gasteiger partial charge in [-0.25, -0.2) is 0 Å². The Morgan fingerprint density at radius 1 is 0.760 bits per heavy atom. The maximum absolute atomic E-state index is 9.90. The van der Waals surface area contributed by atoms with Gasteiger partial charge in [0.05, 0.1) is 0 Å². The van der Waals surface area contributed by atoms with Crippen molar-refractivity contribution in [2.45, 2.75) is 12.8 Å². The molecule has 0 amide bonds. The maximum atomic E-state index is 9.90. The molecule has 0 fully saturated rings. The van der Waals surface area contributed by atoms with Crippen LogP contribution in [0.2, 0.25) is 0 Å². The van der Waals surface area contributed by atoms with Gasteiger partial charge >= 0.3 is 0 Å². The van der Waals surface area contributed by atoms with Gasteiger partial charge in [0.25, 0.3) is 0 Å². The van der Waals surface area contributed by atoms with E-state index in [0.29, 0.717) is 5.92 Å². The van der Waals surface area contributed by atoms with Crippen molar-refractivity contribution in [1.82, 2.24) is 0 Å². The van der Waals surface area contributed by atoms with E-state index >= 15 is 0 Å². The zero-order valence-electron chi connectivity index (χ0n) is 13.8. The van der Waals surface area contributed by atoms with Crippen molar-refractivity contribution in [3.8, 4) is 23.0 Å². The van der Waals surface area contributed by atoms with Crippen molar-refractivity contribution in [2.75, 3.05) is 0 Å². The Bertz CT molecular complexity index is 826. The van der Waals surface area contributed by atoms with Crippen molar-refractivity contribution in [2.24, 2.45) is 5.92 Å². The first-order valence-electron chi connectivity index (χ1n) is 8.06. The SMILES string of the molecule is CC1C=CC=C(C(c2ccc(O)c(O)c2)c2ccc(O)c(O)c2)C=C1. The predicted molar refractivity (Wildman–Crippen MR) is 96.9 cm³/mol. The standard InChI is InChI=1S/C21H20O4/c1-13-3-2-4-14(6-5-13)21(15-7-9-17(22)19(24)11-15)16-8-10-18(23)20(25)12-16/h2-13,21-25H,1H3. The Morgan fingerprint density at radius 3 is 1.84 bits per heavy atom. The van der Waals surface area contributed by atoms with Crippen LogP contribution in [0.3, 0.4) is 0 Å². The lowest BCUT2D eigenvalue weighted by Gasteiger charge is -2.20. The molecule has 25 heavy (non-hydrogen) atoms. The minimum Gasteiger partial charge on any atom is -0.504 e. The number of benzene rings is 2. The van der Waals surface area contributed by atoms with E-state index in [0.717, 1.165) is 16.7 Å². The highest BCUT2D eigenvalue weighted by Crippen LogP contribution is 2.39. The predicted octanol–water partition coefficient (Wildman–Crippen LogP) is 4.33. The van der Waals surface area contributed by atoms with Crippen molar-refractivity contribution in [3.63, 3.8) is 0 Å². The third kappa shape index (κ3) is 3.53. The molecule has 1 unspecified atom stereocenters. The van der Waals surface area contributed by atoms with Crippen LogP contribution in [0.4, 0.5) is 0 Å². The van der Waals surface area contributed by atoms with E-state index in [1.807, 2.05) is 18.2 Å². The molecule has 4 heteroatoms. The molecule has 0 aliphatic heterocycles. The fourth-order valence-electron chi connectivity index (χ4n) is 2.93.